The minimum absolute atomic E-state index is 0.0759. The molecule has 2 saturated heterocycles. The Labute approximate surface area is 156 Å². The standard InChI is InChI=1S/C18H24BrN3O3/c1-17(2,3)25-16(24)21-10-8-18(9-11-21)12-22(15(23)20-18)14-6-4-13(19)5-7-14/h4-7H,8-12H2,1-3H3,(H,20,23). The number of hydrogen-bond donors (Lipinski definition) is 1. The fourth-order valence-electron chi connectivity index (χ4n) is 3.26. The van der Waals surface area contributed by atoms with Crippen molar-refractivity contribution in [2.75, 3.05) is 24.5 Å². The predicted molar refractivity (Wildman–Crippen MR) is 99.8 cm³/mol. The lowest BCUT2D eigenvalue weighted by molar-refractivity contribution is 0.0167. The molecule has 2 aliphatic rings. The molecule has 1 N–H and O–H groups in total. The van der Waals surface area contributed by atoms with Gasteiger partial charge in [-0.3, -0.25) is 4.90 Å². The summed E-state index contributed by atoms with van der Waals surface area (Å²) in [7, 11) is 0. The van der Waals surface area contributed by atoms with Gasteiger partial charge in [0.15, 0.2) is 0 Å². The van der Waals surface area contributed by atoms with E-state index >= 15 is 0 Å². The lowest BCUT2D eigenvalue weighted by atomic mass is 9.88. The van der Waals surface area contributed by atoms with E-state index in [2.05, 4.69) is 21.2 Å². The first-order valence-corrected chi connectivity index (χ1v) is 9.30. The first-order chi connectivity index (χ1) is 11.7. The molecule has 1 spiro atoms. The van der Waals surface area contributed by atoms with E-state index in [0.29, 0.717) is 19.6 Å². The summed E-state index contributed by atoms with van der Waals surface area (Å²) in [5.74, 6) is 0. The number of nitrogens with one attached hydrogen (secondary N) is 1. The Bertz CT molecular complexity index is 661. The van der Waals surface area contributed by atoms with Crippen LogP contribution in [-0.4, -0.2) is 47.8 Å². The van der Waals surface area contributed by atoms with Gasteiger partial charge in [-0.05, 0) is 57.9 Å². The van der Waals surface area contributed by atoms with Crippen molar-refractivity contribution in [1.29, 1.82) is 0 Å². The van der Waals surface area contributed by atoms with Crippen LogP contribution in [-0.2, 0) is 4.74 Å². The van der Waals surface area contributed by atoms with E-state index in [-0.39, 0.29) is 17.7 Å². The molecule has 7 heteroatoms. The van der Waals surface area contributed by atoms with Gasteiger partial charge in [-0.15, -0.1) is 0 Å². The van der Waals surface area contributed by atoms with Crippen molar-refractivity contribution in [2.45, 2.75) is 44.8 Å². The molecule has 136 valence electrons. The number of anilines is 1. The second-order valence-corrected chi connectivity index (χ2v) is 8.66. The van der Waals surface area contributed by atoms with Crippen LogP contribution >= 0.6 is 15.9 Å². The van der Waals surface area contributed by atoms with Crippen LogP contribution in [0.4, 0.5) is 15.3 Å². The number of hydrogen-bond acceptors (Lipinski definition) is 3. The van der Waals surface area contributed by atoms with E-state index in [1.165, 1.54) is 0 Å². The maximum absolute atomic E-state index is 12.4. The monoisotopic (exact) mass is 409 g/mol. The summed E-state index contributed by atoms with van der Waals surface area (Å²) in [6, 6.07) is 7.64. The second-order valence-electron chi connectivity index (χ2n) is 7.74. The Kier molecular flexibility index (Phi) is 4.70. The lowest BCUT2D eigenvalue weighted by Crippen LogP contribution is -2.54. The number of benzene rings is 1. The van der Waals surface area contributed by atoms with Crippen molar-refractivity contribution in [3.05, 3.63) is 28.7 Å². The molecule has 0 bridgehead atoms. The molecule has 2 aliphatic heterocycles. The third-order valence-electron chi connectivity index (χ3n) is 4.59. The van der Waals surface area contributed by atoms with Gasteiger partial charge in [0.25, 0.3) is 0 Å². The lowest BCUT2D eigenvalue weighted by Gasteiger charge is -2.39. The first-order valence-electron chi connectivity index (χ1n) is 8.51. The van der Waals surface area contributed by atoms with Crippen LogP contribution in [0.5, 0.6) is 0 Å². The number of nitrogens with zero attached hydrogens (tertiary/aromatic N) is 2. The van der Waals surface area contributed by atoms with Crippen molar-refractivity contribution in [2.24, 2.45) is 0 Å². The van der Waals surface area contributed by atoms with Crippen LogP contribution in [0.3, 0.4) is 0 Å². The molecule has 3 amide bonds. The summed E-state index contributed by atoms with van der Waals surface area (Å²) >= 11 is 3.41. The number of carbonyl (C=O) groups excluding carboxylic acids is 2. The van der Waals surface area contributed by atoms with Gasteiger partial charge in [0, 0.05) is 23.2 Å². The number of carbonyl (C=O) groups is 2. The van der Waals surface area contributed by atoms with Gasteiger partial charge in [0.2, 0.25) is 0 Å². The summed E-state index contributed by atoms with van der Waals surface area (Å²) in [4.78, 5) is 28.1. The van der Waals surface area contributed by atoms with Crippen LogP contribution in [0, 0.1) is 0 Å². The van der Waals surface area contributed by atoms with Crippen LogP contribution in [0.2, 0.25) is 0 Å². The molecule has 0 aliphatic carbocycles. The number of likely N-dealkylation sites (tertiary alicyclic amines) is 1. The van der Waals surface area contributed by atoms with Crippen molar-refractivity contribution in [1.82, 2.24) is 10.2 Å². The van der Waals surface area contributed by atoms with Crippen LogP contribution in [0.25, 0.3) is 0 Å². The quantitative estimate of drug-likeness (QED) is 0.767. The third kappa shape index (κ3) is 4.08. The Morgan fingerprint density at radius 2 is 1.80 bits per heavy atom. The van der Waals surface area contributed by atoms with E-state index in [1.54, 1.807) is 9.80 Å². The fraction of sp³-hybridized carbons (Fsp3) is 0.556. The average Bonchev–Trinajstić information content (AvgIpc) is 2.83. The van der Waals surface area contributed by atoms with E-state index in [4.69, 9.17) is 4.74 Å². The third-order valence-corrected chi connectivity index (χ3v) is 5.12. The number of urea groups is 1. The van der Waals surface area contributed by atoms with E-state index in [0.717, 1.165) is 23.0 Å². The van der Waals surface area contributed by atoms with Crippen LogP contribution in [0.1, 0.15) is 33.6 Å². The number of halogens is 1. The van der Waals surface area contributed by atoms with Crippen molar-refractivity contribution in [3.8, 4) is 0 Å². The summed E-state index contributed by atoms with van der Waals surface area (Å²) in [5, 5.41) is 3.14. The fourth-order valence-corrected chi connectivity index (χ4v) is 3.53. The minimum Gasteiger partial charge on any atom is -0.444 e. The van der Waals surface area contributed by atoms with Crippen molar-refractivity contribution in [3.63, 3.8) is 0 Å². The normalized spacial score (nSPS) is 19.9. The Morgan fingerprint density at radius 3 is 2.36 bits per heavy atom. The molecule has 0 unspecified atom stereocenters. The molecule has 25 heavy (non-hydrogen) atoms. The van der Waals surface area contributed by atoms with Gasteiger partial charge in [0.1, 0.15) is 5.60 Å². The molecule has 0 atom stereocenters. The molecular formula is C18H24BrN3O3. The zero-order valence-corrected chi connectivity index (χ0v) is 16.4. The van der Waals surface area contributed by atoms with Crippen molar-refractivity contribution < 1.29 is 14.3 Å². The van der Waals surface area contributed by atoms with Gasteiger partial charge >= 0.3 is 12.1 Å². The molecule has 2 fully saturated rings. The van der Waals surface area contributed by atoms with E-state index in [1.807, 2.05) is 45.0 Å². The predicted octanol–water partition coefficient (Wildman–Crippen LogP) is 3.75. The molecule has 0 saturated carbocycles. The Hall–Kier alpha value is -1.76. The number of amides is 3. The Balaban J connectivity index is 1.63. The van der Waals surface area contributed by atoms with Crippen molar-refractivity contribution >= 4 is 33.7 Å². The highest BCUT2D eigenvalue weighted by atomic mass is 79.9. The molecule has 2 heterocycles. The zero-order chi connectivity index (χ0) is 18.2. The first kappa shape index (κ1) is 18.0. The van der Waals surface area contributed by atoms with Gasteiger partial charge in [-0.25, -0.2) is 9.59 Å². The highest BCUT2D eigenvalue weighted by Crippen LogP contribution is 2.32. The largest absolute Gasteiger partial charge is 0.444 e. The van der Waals surface area contributed by atoms with Crippen LogP contribution in [0.15, 0.2) is 28.7 Å². The maximum atomic E-state index is 12.4. The smallest absolute Gasteiger partial charge is 0.410 e. The average molecular weight is 410 g/mol. The van der Waals surface area contributed by atoms with E-state index < -0.39 is 5.60 Å². The highest BCUT2D eigenvalue weighted by molar-refractivity contribution is 9.10. The molecular weight excluding hydrogens is 386 g/mol. The molecule has 1 aromatic carbocycles. The van der Waals surface area contributed by atoms with E-state index in [9.17, 15) is 9.59 Å². The molecule has 3 rings (SSSR count). The highest BCUT2D eigenvalue weighted by Gasteiger charge is 2.45. The van der Waals surface area contributed by atoms with Crippen LogP contribution < -0.4 is 10.2 Å². The maximum Gasteiger partial charge on any atom is 0.410 e. The summed E-state index contributed by atoms with van der Waals surface area (Å²) in [5.41, 5.74) is 0.113. The molecule has 1 aromatic rings. The molecule has 0 radical (unpaired) electrons. The molecule has 0 aromatic heterocycles. The minimum atomic E-state index is -0.494. The number of piperidine rings is 1. The van der Waals surface area contributed by atoms with Gasteiger partial charge < -0.3 is 15.0 Å². The molecule has 6 nitrogen and oxygen atoms in total. The SMILES string of the molecule is CC(C)(C)OC(=O)N1CCC2(CC1)CN(c1ccc(Br)cc1)C(=O)N2. The zero-order valence-electron chi connectivity index (χ0n) is 14.8. The van der Waals surface area contributed by atoms with Gasteiger partial charge in [0.05, 0.1) is 12.1 Å². The topological polar surface area (TPSA) is 61.9 Å². The van der Waals surface area contributed by atoms with Gasteiger partial charge in [-0.1, -0.05) is 15.9 Å². The van der Waals surface area contributed by atoms with Gasteiger partial charge in [-0.2, -0.15) is 0 Å². The Morgan fingerprint density at radius 1 is 1.20 bits per heavy atom. The summed E-state index contributed by atoms with van der Waals surface area (Å²) < 4.78 is 6.42. The number of ether oxygens (including phenoxy) is 1. The number of rotatable bonds is 1. The summed E-state index contributed by atoms with van der Waals surface area (Å²) in [6.07, 6.45) is 1.17. The second kappa shape index (κ2) is 6.52. The summed E-state index contributed by atoms with van der Waals surface area (Å²) in [6.45, 7) is 7.39.